The molecule has 2 N–H and O–H groups in total. The Morgan fingerprint density at radius 2 is 1.68 bits per heavy atom. The van der Waals surface area contributed by atoms with Gasteiger partial charge in [-0.15, -0.1) is 11.3 Å². The van der Waals surface area contributed by atoms with Crippen molar-refractivity contribution >= 4 is 29.1 Å². The van der Waals surface area contributed by atoms with Crippen molar-refractivity contribution in [3.63, 3.8) is 0 Å². The number of halogens is 2. The number of amides is 1. The van der Waals surface area contributed by atoms with Crippen molar-refractivity contribution < 1.29 is 28.2 Å². The zero-order valence-corrected chi connectivity index (χ0v) is 20.6. The molecule has 5 nitrogen and oxygen atoms in total. The molecule has 0 aliphatic heterocycles. The van der Waals surface area contributed by atoms with Gasteiger partial charge in [-0.05, 0) is 60.2 Å². The van der Waals surface area contributed by atoms with Gasteiger partial charge in [-0.2, -0.15) is 4.39 Å². The average molecular weight is 520 g/mol. The molecule has 1 amide bonds. The molecular weight excluding hydrogens is 496 g/mol. The van der Waals surface area contributed by atoms with Gasteiger partial charge in [0.05, 0.1) is 16.0 Å². The molecule has 4 aromatic rings. The van der Waals surface area contributed by atoms with Gasteiger partial charge in [-0.3, -0.25) is 10.1 Å². The lowest BCUT2D eigenvalue weighted by Crippen LogP contribution is -2.19. The van der Waals surface area contributed by atoms with E-state index in [1.807, 2.05) is 42.5 Å². The number of benzene rings is 3. The minimum atomic E-state index is -0.948. The number of carboxylic acids is 1. The maximum Gasteiger partial charge on any atom is 0.412 e. The predicted octanol–water partition coefficient (Wildman–Crippen LogP) is 7.79. The number of carbonyl (C=O) groups excluding carboxylic acids is 1. The highest BCUT2D eigenvalue weighted by Gasteiger charge is 2.52. The van der Waals surface area contributed by atoms with E-state index in [1.165, 1.54) is 30.3 Å². The van der Waals surface area contributed by atoms with Gasteiger partial charge < -0.3 is 9.84 Å². The monoisotopic (exact) mass is 519 g/mol. The second-order valence-corrected chi connectivity index (χ2v) is 10.0. The highest BCUT2D eigenvalue weighted by molar-refractivity contribution is 7.14. The van der Waals surface area contributed by atoms with Crippen LogP contribution in [-0.4, -0.2) is 17.2 Å². The number of anilines is 1. The van der Waals surface area contributed by atoms with E-state index < -0.39 is 34.5 Å². The SMILES string of the molecule is CC(OC(=O)Nc1cc(F)sc1-c1cc(C2(C(=O)O)CC2)ccc1-c1ccccc1)c1ccc(F)cc1. The summed E-state index contributed by atoms with van der Waals surface area (Å²) in [6.45, 7) is 1.65. The average Bonchev–Trinajstić information content (AvgIpc) is 3.63. The zero-order valence-electron chi connectivity index (χ0n) is 19.8. The van der Waals surface area contributed by atoms with E-state index in [0.29, 0.717) is 34.4 Å². The molecule has 3 aromatic carbocycles. The lowest BCUT2D eigenvalue weighted by molar-refractivity contribution is -0.140. The smallest absolute Gasteiger partial charge is 0.412 e. The minimum Gasteiger partial charge on any atom is -0.481 e. The Kier molecular flexibility index (Phi) is 6.52. The van der Waals surface area contributed by atoms with Crippen molar-refractivity contribution in [1.82, 2.24) is 0 Å². The first-order valence-electron chi connectivity index (χ1n) is 11.7. The highest BCUT2D eigenvalue weighted by atomic mass is 32.1. The third-order valence-corrected chi connectivity index (χ3v) is 7.58. The molecule has 1 saturated carbocycles. The number of hydrogen-bond acceptors (Lipinski definition) is 4. The van der Waals surface area contributed by atoms with Crippen LogP contribution in [0.4, 0.5) is 19.3 Å². The van der Waals surface area contributed by atoms with Crippen molar-refractivity contribution in [1.29, 1.82) is 0 Å². The maximum absolute atomic E-state index is 14.6. The molecule has 1 heterocycles. The molecule has 1 fully saturated rings. The highest BCUT2D eigenvalue weighted by Crippen LogP contribution is 2.51. The van der Waals surface area contributed by atoms with Gasteiger partial charge in [-0.1, -0.05) is 54.6 Å². The molecule has 5 rings (SSSR count). The Hall–Kier alpha value is -4.04. The van der Waals surface area contributed by atoms with Crippen molar-refractivity contribution in [2.24, 2.45) is 0 Å². The minimum absolute atomic E-state index is 0.216. The quantitative estimate of drug-likeness (QED) is 0.261. The molecule has 1 unspecified atom stereocenters. The van der Waals surface area contributed by atoms with Crippen LogP contribution in [0.3, 0.4) is 0 Å². The van der Waals surface area contributed by atoms with Crippen molar-refractivity contribution in [3.05, 3.63) is 101 Å². The molecule has 1 aromatic heterocycles. The summed E-state index contributed by atoms with van der Waals surface area (Å²) < 4.78 is 33.3. The summed E-state index contributed by atoms with van der Waals surface area (Å²) in [7, 11) is 0. The van der Waals surface area contributed by atoms with Crippen molar-refractivity contribution in [2.75, 3.05) is 5.32 Å². The second-order valence-electron chi connectivity index (χ2n) is 9.03. The Morgan fingerprint density at radius 3 is 2.32 bits per heavy atom. The number of hydrogen-bond donors (Lipinski definition) is 2. The van der Waals surface area contributed by atoms with Crippen LogP contribution in [0, 0.1) is 10.9 Å². The number of ether oxygens (including phenoxy) is 1. The fraction of sp³-hybridized carbons (Fsp3) is 0.172. The van der Waals surface area contributed by atoms with E-state index in [0.717, 1.165) is 22.5 Å². The Bertz CT molecular complexity index is 1460. The van der Waals surface area contributed by atoms with Crippen LogP contribution in [0.5, 0.6) is 0 Å². The third-order valence-electron chi connectivity index (χ3n) is 6.62. The van der Waals surface area contributed by atoms with Crippen LogP contribution < -0.4 is 5.32 Å². The van der Waals surface area contributed by atoms with Crippen LogP contribution in [0.2, 0.25) is 0 Å². The summed E-state index contributed by atoms with van der Waals surface area (Å²) >= 11 is 0.857. The van der Waals surface area contributed by atoms with Crippen molar-refractivity contribution in [2.45, 2.75) is 31.3 Å². The summed E-state index contributed by atoms with van der Waals surface area (Å²) in [6.07, 6.45) is -0.396. The van der Waals surface area contributed by atoms with E-state index in [9.17, 15) is 23.5 Å². The molecule has 1 aliphatic rings. The summed E-state index contributed by atoms with van der Waals surface area (Å²) in [5, 5.41) is 11.9. The molecule has 0 spiro atoms. The number of carbonyl (C=O) groups is 2. The van der Waals surface area contributed by atoms with E-state index in [4.69, 9.17) is 4.74 Å². The van der Waals surface area contributed by atoms with Crippen LogP contribution >= 0.6 is 11.3 Å². The first-order chi connectivity index (χ1) is 17.8. The van der Waals surface area contributed by atoms with Crippen LogP contribution in [0.15, 0.2) is 78.9 Å². The number of thiophene rings is 1. The van der Waals surface area contributed by atoms with E-state index in [2.05, 4.69) is 5.32 Å². The van der Waals surface area contributed by atoms with Crippen molar-refractivity contribution in [3.8, 4) is 21.6 Å². The fourth-order valence-electron chi connectivity index (χ4n) is 4.41. The summed E-state index contributed by atoms with van der Waals surface area (Å²) in [4.78, 5) is 25.2. The van der Waals surface area contributed by atoms with Gasteiger partial charge in [0.1, 0.15) is 11.9 Å². The molecule has 1 aliphatic carbocycles. The lowest BCUT2D eigenvalue weighted by atomic mass is 9.89. The summed E-state index contributed by atoms with van der Waals surface area (Å²) in [5.41, 5.74) is 2.79. The molecule has 8 heteroatoms. The first-order valence-corrected chi connectivity index (χ1v) is 12.5. The molecule has 1 atom stereocenters. The van der Waals surface area contributed by atoms with Gasteiger partial charge in [0.15, 0.2) is 5.13 Å². The zero-order chi connectivity index (χ0) is 26.2. The van der Waals surface area contributed by atoms with Gasteiger partial charge in [0.25, 0.3) is 0 Å². The fourth-order valence-corrected chi connectivity index (χ4v) is 5.28. The van der Waals surface area contributed by atoms with Crippen LogP contribution in [0.1, 0.15) is 37.0 Å². The number of aliphatic carboxylic acids is 1. The van der Waals surface area contributed by atoms with Gasteiger partial charge in [0, 0.05) is 11.6 Å². The topological polar surface area (TPSA) is 75.6 Å². The molecule has 188 valence electrons. The molecule has 37 heavy (non-hydrogen) atoms. The standard InChI is InChI=1S/C29H23F2NO4S/c1-17(18-7-10-21(30)11-8-18)36-28(35)32-24-16-25(31)37-26(24)23-15-20(29(13-14-29)27(33)34)9-12-22(23)19-5-3-2-4-6-19/h2-12,15-17H,13-14H2,1H3,(H,32,35)(H,33,34). The first kappa shape index (κ1) is 24.6. The molecule has 0 saturated heterocycles. The largest absolute Gasteiger partial charge is 0.481 e. The summed E-state index contributed by atoms with van der Waals surface area (Å²) in [6, 6.07) is 21.7. The number of nitrogens with one attached hydrogen (secondary N) is 1. The van der Waals surface area contributed by atoms with Crippen LogP contribution in [-0.2, 0) is 14.9 Å². The molecule has 0 radical (unpaired) electrons. The van der Waals surface area contributed by atoms with Gasteiger partial charge in [-0.25, -0.2) is 9.18 Å². The molecular formula is C29H23F2NO4S. The third kappa shape index (κ3) is 4.97. The Labute approximate surface area is 216 Å². The molecule has 0 bridgehead atoms. The number of rotatable bonds is 7. The van der Waals surface area contributed by atoms with E-state index in [-0.39, 0.29) is 5.69 Å². The maximum atomic E-state index is 14.6. The lowest BCUT2D eigenvalue weighted by Gasteiger charge is -2.17. The predicted molar refractivity (Wildman–Crippen MR) is 139 cm³/mol. The van der Waals surface area contributed by atoms with E-state index >= 15 is 0 Å². The second kappa shape index (κ2) is 9.78. The van der Waals surface area contributed by atoms with Gasteiger partial charge >= 0.3 is 12.1 Å². The van der Waals surface area contributed by atoms with Gasteiger partial charge in [0.2, 0.25) is 0 Å². The number of carboxylic acid groups (broad SMARTS) is 1. The van der Waals surface area contributed by atoms with E-state index in [1.54, 1.807) is 13.0 Å². The normalized spacial score (nSPS) is 14.6. The van der Waals surface area contributed by atoms with Crippen LogP contribution in [0.25, 0.3) is 21.6 Å². The Balaban J connectivity index is 1.50. The Morgan fingerprint density at radius 1 is 0.973 bits per heavy atom. The summed E-state index contributed by atoms with van der Waals surface area (Å²) in [5.74, 6) is -1.29.